The first-order valence-electron chi connectivity index (χ1n) is 5.92. The Morgan fingerprint density at radius 2 is 1.90 bits per heavy atom. The summed E-state index contributed by atoms with van der Waals surface area (Å²) in [6.45, 7) is 0.0580. The molecule has 0 spiro atoms. The van der Waals surface area contributed by atoms with E-state index >= 15 is 0 Å². The zero-order valence-electron chi connectivity index (χ0n) is 10.4. The summed E-state index contributed by atoms with van der Waals surface area (Å²) in [5, 5.41) is 3.12. The zero-order valence-corrected chi connectivity index (χ0v) is 10.4. The number of fused-ring (bicyclic) bond motifs is 3. The number of likely N-dealkylation sites (N-methyl/N-ethyl adjacent to an activating group) is 1. The molecule has 1 aromatic carbocycles. The SMILES string of the molecule is CN[C@@H]1COC(=O)c2[nH]c(=O)c3cc(F)c(F)cc3c21. The number of cyclic esters (lactones) is 1. The molecule has 0 aliphatic carbocycles. The summed E-state index contributed by atoms with van der Waals surface area (Å²) in [4.78, 5) is 26.0. The maximum atomic E-state index is 13.5. The topological polar surface area (TPSA) is 71.2 Å². The Kier molecular flexibility index (Phi) is 2.79. The highest BCUT2D eigenvalue weighted by Gasteiger charge is 2.30. The third kappa shape index (κ3) is 1.70. The third-order valence-corrected chi connectivity index (χ3v) is 3.39. The summed E-state index contributed by atoms with van der Waals surface area (Å²) in [5.41, 5.74) is -0.275. The number of hydrogen-bond donors (Lipinski definition) is 2. The highest BCUT2D eigenvalue weighted by molar-refractivity contribution is 5.97. The van der Waals surface area contributed by atoms with Gasteiger partial charge < -0.3 is 15.0 Å². The molecule has 5 nitrogen and oxygen atoms in total. The van der Waals surface area contributed by atoms with Crippen molar-refractivity contribution < 1.29 is 18.3 Å². The Morgan fingerprint density at radius 1 is 1.25 bits per heavy atom. The van der Waals surface area contributed by atoms with Crippen molar-refractivity contribution in [1.29, 1.82) is 0 Å². The van der Waals surface area contributed by atoms with Crippen LogP contribution < -0.4 is 10.9 Å². The van der Waals surface area contributed by atoms with Crippen molar-refractivity contribution in [3.05, 3.63) is 45.4 Å². The fraction of sp³-hybridized carbons (Fsp3) is 0.231. The molecule has 3 rings (SSSR count). The van der Waals surface area contributed by atoms with Gasteiger partial charge in [-0.05, 0) is 24.6 Å². The van der Waals surface area contributed by atoms with Crippen LogP contribution in [0.5, 0.6) is 0 Å². The lowest BCUT2D eigenvalue weighted by Crippen LogP contribution is -2.33. The predicted molar refractivity (Wildman–Crippen MR) is 66.6 cm³/mol. The van der Waals surface area contributed by atoms with E-state index in [0.717, 1.165) is 12.1 Å². The van der Waals surface area contributed by atoms with Gasteiger partial charge >= 0.3 is 5.97 Å². The fourth-order valence-corrected chi connectivity index (χ4v) is 2.41. The first-order chi connectivity index (χ1) is 9.52. The van der Waals surface area contributed by atoms with Crippen LogP contribution in [0.25, 0.3) is 10.8 Å². The van der Waals surface area contributed by atoms with Crippen LogP contribution in [-0.2, 0) is 4.74 Å². The highest BCUT2D eigenvalue weighted by atomic mass is 19.2. The van der Waals surface area contributed by atoms with E-state index in [9.17, 15) is 18.4 Å². The number of carbonyl (C=O) groups is 1. The normalized spacial score (nSPS) is 17.9. The van der Waals surface area contributed by atoms with Gasteiger partial charge in [-0.25, -0.2) is 13.6 Å². The lowest BCUT2D eigenvalue weighted by molar-refractivity contribution is 0.0418. The Balaban J connectivity index is 2.47. The van der Waals surface area contributed by atoms with E-state index in [2.05, 4.69) is 10.3 Å². The molecule has 2 aromatic rings. The predicted octanol–water partition coefficient (Wildman–Crippen LogP) is 1.24. The van der Waals surface area contributed by atoms with Crippen LogP contribution in [0.2, 0.25) is 0 Å². The van der Waals surface area contributed by atoms with Crippen molar-refractivity contribution in [2.45, 2.75) is 6.04 Å². The Bertz CT molecular complexity index is 785. The van der Waals surface area contributed by atoms with Gasteiger partial charge in [-0.3, -0.25) is 4.79 Å². The number of rotatable bonds is 1. The zero-order chi connectivity index (χ0) is 14.4. The molecule has 1 atom stereocenters. The molecule has 104 valence electrons. The van der Waals surface area contributed by atoms with Gasteiger partial charge in [0.1, 0.15) is 12.3 Å². The van der Waals surface area contributed by atoms with Crippen LogP contribution >= 0.6 is 0 Å². The molecule has 0 saturated heterocycles. The summed E-state index contributed by atoms with van der Waals surface area (Å²) in [7, 11) is 1.64. The molecule has 0 saturated carbocycles. The molecule has 0 bridgehead atoms. The summed E-state index contributed by atoms with van der Waals surface area (Å²) in [5.74, 6) is -2.86. The standard InChI is InChI=1S/C13H10F2N2O3/c1-16-9-4-20-13(19)11-10(9)5-2-7(14)8(15)3-6(5)12(18)17-11/h2-3,9,16H,4H2,1H3,(H,17,18)/t9-/m1/s1. The van der Waals surface area contributed by atoms with Crippen LogP contribution in [0.4, 0.5) is 8.78 Å². The van der Waals surface area contributed by atoms with E-state index in [1.807, 2.05) is 0 Å². The maximum Gasteiger partial charge on any atom is 0.355 e. The maximum absolute atomic E-state index is 13.5. The third-order valence-electron chi connectivity index (χ3n) is 3.39. The van der Waals surface area contributed by atoms with E-state index in [1.165, 1.54) is 0 Å². The Hall–Kier alpha value is -2.28. The second-order valence-electron chi connectivity index (χ2n) is 4.49. The quantitative estimate of drug-likeness (QED) is 0.771. The van der Waals surface area contributed by atoms with Gasteiger partial charge in [0.05, 0.1) is 11.4 Å². The monoisotopic (exact) mass is 280 g/mol. The second-order valence-corrected chi connectivity index (χ2v) is 4.49. The molecule has 2 heterocycles. The summed E-state index contributed by atoms with van der Waals surface area (Å²) in [6, 6.07) is 1.37. The molecule has 0 fully saturated rings. The van der Waals surface area contributed by atoms with E-state index in [0.29, 0.717) is 5.56 Å². The van der Waals surface area contributed by atoms with Crippen molar-refractivity contribution in [3.63, 3.8) is 0 Å². The van der Waals surface area contributed by atoms with Crippen LogP contribution in [0.1, 0.15) is 22.1 Å². The molecule has 0 amide bonds. The van der Waals surface area contributed by atoms with Crippen LogP contribution in [0.15, 0.2) is 16.9 Å². The summed E-state index contributed by atoms with van der Waals surface area (Å²) < 4.78 is 31.7. The first kappa shape index (κ1) is 12.7. The number of aromatic amines is 1. The van der Waals surface area contributed by atoms with Crippen LogP contribution in [-0.4, -0.2) is 24.6 Å². The highest BCUT2D eigenvalue weighted by Crippen LogP contribution is 2.30. The average molecular weight is 280 g/mol. The van der Waals surface area contributed by atoms with Gasteiger partial charge in [0.15, 0.2) is 11.6 Å². The average Bonchev–Trinajstić information content (AvgIpc) is 2.42. The summed E-state index contributed by atoms with van der Waals surface area (Å²) >= 11 is 0. The number of aromatic nitrogens is 1. The molecular weight excluding hydrogens is 270 g/mol. The lowest BCUT2D eigenvalue weighted by Gasteiger charge is -2.25. The van der Waals surface area contributed by atoms with Gasteiger partial charge in [-0.2, -0.15) is 0 Å². The minimum absolute atomic E-state index is 0.00222. The number of H-pyrrole nitrogens is 1. The number of benzene rings is 1. The number of hydrogen-bond acceptors (Lipinski definition) is 4. The molecular formula is C13H10F2N2O3. The number of halogens is 2. The van der Waals surface area contributed by atoms with Crippen molar-refractivity contribution >= 4 is 16.7 Å². The van der Waals surface area contributed by atoms with Crippen molar-refractivity contribution in [3.8, 4) is 0 Å². The molecule has 2 N–H and O–H groups in total. The molecule has 1 aliphatic heterocycles. The number of pyridine rings is 1. The van der Waals surface area contributed by atoms with E-state index in [1.54, 1.807) is 7.05 Å². The molecule has 20 heavy (non-hydrogen) atoms. The summed E-state index contributed by atoms with van der Waals surface area (Å²) in [6.07, 6.45) is 0. The van der Waals surface area contributed by atoms with E-state index in [-0.39, 0.29) is 23.1 Å². The van der Waals surface area contributed by atoms with Gasteiger partial charge in [0, 0.05) is 5.56 Å². The number of carbonyl (C=O) groups excluding carboxylic acids is 1. The number of ether oxygens (including phenoxy) is 1. The van der Waals surface area contributed by atoms with E-state index < -0.39 is 29.2 Å². The number of nitrogens with one attached hydrogen (secondary N) is 2. The molecule has 0 unspecified atom stereocenters. The van der Waals surface area contributed by atoms with Gasteiger partial charge in [-0.1, -0.05) is 0 Å². The van der Waals surface area contributed by atoms with Gasteiger partial charge in [0.25, 0.3) is 5.56 Å². The molecule has 1 aliphatic rings. The minimum Gasteiger partial charge on any atom is -0.459 e. The second kappa shape index (κ2) is 4.38. The van der Waals surface area contributed by atoms with Gasteiger partial charge in [-0.15, -0.1) is 0 Å². The van der Waals surface area contributed by atoms with Crippen molar-refractivity contribution in [1.82, 2.24) is 10.3 Å². The van der Waals surface area contributed by atoms with E-state index in [4.69, 9.17) is 4.74 Å². The van der Waals surface area contributed by atoms with Crippen molar-refractivity contribution in [2.75, 3.05) is 13.7 Å². The van der Waals surface area contributed by atoms with Gasteiger partial charge in [0.2, 0.25) is 0 Å². The van der Waals surface area contributed by atoms with Crippen LogP contribution in [0, 0.1) is 11.6 Å². The largest absolute Gasteiger partial charge is 0.459 e. The lowest BCUT2D eigenvalue weighted by atomic mass is 9.96. The number of esters is 1. The molecule has 1 aromatic heterocycles. The smallest absolute Gasteiger partial charge is 0.355 e. The van der Waals surface area contributed by atoms with Crippen molar-refractivity contribution in [2.24, 2.45) is 0 Å². The first-order valence-corrected chi connectivity index (χ1v) is 5.92. The molecule has 7 heteroatoms. The Morgan fingerprint density at radius 3 is 2.55 bits per heavy atom. The minimum atomic E-state index is -1.11. The molecule has 0 radical (unpaired) electrons. The van der Waals surface area contributed by atoms with Crippen LogP contribution in [0.3, 0.4) is 0 Å². The Labute approximate surface area is 111 Å². The fourth-order valence-electron chi connectivity index (χ4n) is 2.41.